The van der Waals surface area contributed by atoms with Crippen molar-refractivity contribution in [1.29, 1.82) is 5.41 Å². The molecule has 0 saturated carbocycles. The van der Waals surface area contributed by atoms with Crippen LogP contribution in [0.15, 0.2) is 29.2 Å². The fraction of sp³-hybridized carbons (Fsp3) is 0.385. The average molecular weight is 295 g/mol. The zero-order valence-electron chi connectivity index (χ0n) is 11.6. The third kappa shape index (κ3) is 2.07. The molecule has 1 aliphatic heterocycles. The lowest BCUT2D eigenvalue weighted by Gasteiger charge is -2.22. The van der Waals surface area contributed by atoms with Gasteiger partial charge in [0.2, 0.25) is 0 Å². The molecule has 0 radical (unpaired) electrons. The summed E-state index contributed by atoms with van der Waals surface area (Å²) >= 11 is 0. The zero-order valence-corrected chi connectivity index (χ0v) is 12.4. The Labute approximate surface area is 118 Å². The largest absolute Gasteiger partial charge is 0.337 e. The topological polar surface area (TPSA) is 90.3 Å². The first-order valence-electron chi connectivity index (χ1n) is 6.25. The maximum atomic E-state index is 12.5. The summed E-state index contributed by atoms with van der Waals surface area (Å²) in [7, 11) is -4.04. The van der Waals surface area contributed by atoms with Crippen LogP contribution < -0.4 is 5.32 Å². The third-order valence-electron chi connectivity index (χ3n) is 3.56. The molecule has 2 amide bonds. The second-order valence-corrected chi connectivity index (χ2v) is 6.83. The average Bonchev–Trinajstić information content (AvgIpc) is 2.61. The molecule has 20 heavy (non-hydrogen) atoms. The van der Waals surface area contributed by atoms with E-state index < -0.39 is 21.6 Å². The van der Waals surface area contributed by atoms with Gasteiger partial charge in [0.15, 0.2) is 0 Å². The van der Waals surface area contributed by atoms with Gasteiger partial charge in [-0.3, -0.25) is 5.41 Å². The van der Waals surface area contributed by atoms with Crippen molar-refractivity contribution in [2.45, 2.75) is 37.6 Å². The number of carbonyl (C=O) groups is 1. The summed E-state index contributed by atoms with van der Waals surface area (Å²) in [6.45, 7) is 5.27. The van der Waals surface area contributed by atoms with Gasteiger partial charge in [0.05, 0.1) is 10.4 Å². The quantitative estimate of drug-likeness (QED) is 0.891. The molecule has 0 bridgehead atoms. The molecule has 1 saturated heterocycles. The first-order valence-corrected chi connectivity index (χ1v) is 7.69. The smallest absolute Gasteiger partial charge is 0.324 e. The van der Waals surface area contributed by atoms with Crippen molar-refractivity contribution < 1.29 is 13.2 Å². The number of carbonyl (C=O) groups excluding carboxylic acids is 1. The van der Waals surface area contributed by atoms with Crippen LogP contribution in [0.1, 0.15) is 25.8 Å². The zero-order chi connectivity index (χ0) is 15.1. The summed E-state index contributed by atoms with van der Waals surface area (Å²) in [5.41, 5.74) is -0.0298. The normalized spacial score (nSPS) is 23.1. The third-order valence-corrected chi connectivity index (χ3v) is 5.26. The van der Waals surface area contributed by atoms with Gasteiger partial charge >= 0.3 is 6.03 Å². The number of hydrogen-bond donors (Lipinski definition) is 2. The fourth-order valence-electron chi connectivity index (χ4n) is 1.97. The molecular formula is C13H17N3O3S. The molecule has 2 N–H and O–H groups in total. The molecule has 0 aliphatic carbocycles. The van der Waals surface area contributed by atoms with Crippen LogP contribution in [0, 0.1) is 12.3 Å². The Kier molecular flexibility index (Phi) is 3.33. The van der Waals surface area contributed by atoms with E-state index >= 15 is 0 Å². The molecule has 1 aromatic rings. The Morgan fingerprint density at radius 3 is 2.30 bits per heavy atom. The predicted octanol–water partition coefficient (Wildman–Crippen LogP) is 1.85. The molecular weight excluding hydrogens is 278 g/mol. The molecule has 1 atom stereocenters. The van der Waals surface area contributed by atoms with Gasteiger partial charge in [0.1, 0.15) is 5.84 Å². The van der Waals surface area contributed by atoms with Crippen LogP contribution in [0.4, 0.5) is 4.79 Å². The highest BCUT2D eigenvalue weighted by Crippen LogP contribution is 2.27. The lowest BCUT2D eigenvalue weighted by molar-refractivity contribution is 0.236. The Morgan fingerprint density at radius 1 is 1.30 bits per heavy atom. The van der Waals surface area contributed by atoms with E-state index in [1.54, 1.807) is 26.0 Å². The summed E-state index contributed by atoms with van der Waals surface area (Å²) in [5, 5.41) is 10.6. The molecule has 108 valence electrons. The minimum absolute atomic E-state index is 0.00310. The van der Waals surface area contributed by atoms with E-state index in [9.17, 15) is 13.2 Å². The molecule has 1 fully saturated rings. The van der Waals surface area contributed by atoms with Crippen LogP contribution >= 0.6 is 0 Å². The number of aryl methyl sites for hydroxylation is 1. The predicted molar refractivity (Wildman–Crippen MR) is 75.2 cm³/mol. The van der Waals surface area contributed by atoms with Gasteiger partial charge in [0.25, 0.3) is 10.0 Å². The fourth-order valence-corrected chi connectivity index (χ4v) is 3.37. The number of amides is 2. The Morgan fingerprint density at radius 2 is 1.85 bits per heavy atom. The van der Waals surface area contributed by atoms with Crippen molar-refractivity contribution in [3.8, 4) is 0 Å². The van der Waals surface area contributed by atoms with Crippen LogP contribution in [0.2, 0.25) is 0 Å². The van der Waals surface area contributed by atoms with Crippen molar-refractivity contribution in [3.63, 3.8) is 0 Å². The van der Waals surface area contributed by atoms with E-state index in [2.05, 4.69) is 5.32 Å². The maximum Gasteiger partial charge on any atom is 0.337 e. The van der Waals surface area contributed by atoms with Gasteiger partial charge in [-0.05, 0) is 32.4 Å². The van der Waals surface area contributed by atoms with Crippen LogP contribution in [-0.2, 0) is 10.0 Å². The van der Waals surface area contributed by atoms with E-state index in [1.807, 2.05) is 6.92 Å². The number of nitrogens with one attached hydrogen (secondary N) is 2. The van der Waals surface area contributed by atoms with Crippen molar-refractivity contribution >= 4 is 21.9 Å². The summed E-state index contributed by atoms with van der Waals surface area (Å²) in [4.78, 5) is 11.9. The molecule has 7 heteroatoms. The van der Waals surface area contributed by atoms with Crippen molar-refractivity contribution in [2.24, 2.45) is 0 Å². The maximum absolute atomic E-state index is 12.5. The van der Waals surface area contributed by atoms with Gasteiger partial charge in [-0.25, -0.2) is 13.2 Å². The number of rotatable bonds is 3. The summed E-state index contributed by atoms with van der Waals surface area (Å²) in [6, 6.07) is 5.41. The van der Waals surface area contributed by atoms with Crippen molar-refractivity contribution in [3.05, 3.63) is 29.8 Å². The number of hydrogen-bond acceptors (Lipinski definition) is 4. The first kappa shape index (κ1) is 14.5. The monoisotopic (exact) mass is 295 g/mol. The number of nitrogens with zero attached hydrogens (tertiary/aromatic N) is 1. The van der Waals surface area contributed by atoms with Crippen LogP contribution in [-0.4, -0.2) is 30.1 Å². The highest BCUT2D eigenvalue weighted by atomic mass is 32.2. The number of urea groups is 1. The summed E-state index contributed by atoms with van der Waals surface area (Å²) in [5.74, 6) is -0.245. The van der Waals surface area contributed by atoms with Gasteiger partial charge in [-0.15, -0.1) is 0 Å². The first-order chi connectivity index (χ1) is 9.22. The van der Waals surface area contributed by atoms with E-state index in [0.717, 1.165) is 5.56 Å². The van der Waals surface area contributed by atoms with E-state index in [-0.39, 0.29) is 10.7 Å². The molecule has 1 heterocycles. The van der Waals surface area contributed by atoms with E-state index in [1.165, 1.54) is 12.1 Å². The minimum Gasteiger partial charge on any atom is -0.324 e. The second kappa shape index (κ2) is 4.59. The lowest BCUT2D eigenvalue weighted by atomic mass is 9.99. The van der Waals surface area contributed by atoms with Crippen LogP contribution in [0.25, 0.3) is 0 Å². The van der Waals surface area contributed by atoms with E-state index in [4.69, 9.17) is 5.41 Å². The Bertz CT molecular complexity index is 667. The van der Waals surface area contributed by atoms with Crippen molar-refractivity contribution in [1.82, 2.24) is 9.62 Å². The molecule has 1 aromatic carbocycles. The standard InChI is InChI=1S/C13H17N3O3S/c1-4-13(3)11(14)16(12(17)15-13)20(18,19)10-7-5-9(2)6-8-10/h5-8,14H,4H2,1-3H3,(H,15,17). The molecule has 0 aromatic heterocycles. The Balaban J connectivity index is 2.48. The SMILES string of the molecule is CCC1(C)NC(=O)N(S(=O)(=O)c2ccc(C)cc2)C1=N. The highest BCUT2D eigenvalue weighted by molar-refractivity contribution is 7.90. The van der Waals surface area contributed by atoms with Gasteiger partial charge < -0.3 is 5.32 Å². The van der Waals surface area contributed by atoms with Crippen LogP contribution in [0.3, 0.4) is 0 Å². The Hall–Kier alpha value is -1.89. The molecule has 2 rings (SSSR count). The molecule has 1 unspecified atom stereocenters. The number of amidine groups is 1. The second-order valence-electron chi connectivity index (χ2n) is 5.05. The number of sulfonamides is 1. The summed E-state index contributed by atoms with van der Waals surface area (Å²) in [6.07, 6.45) is 0.442. The highest BCUT2D eigenvalue weighted by Gasteiger charge is 2.49. The van der Waals surface area contributed by atoms with Gasteiger partial charge in [0, 0.05) is 0 Å². The molecule has 6 nitrogen and oxygen atoms in total. The summed E-state index contributed by atoms with van der Waals surface area (Å²) < 4.78 is 25.5. The lowest BCUT2D eigenvalue weighted by Crippen LogP contribution is -2.43. The molecule has 1 aliphatic rings. The van der Waals surface area contributed by atoms with Gasteiger partial charge in [-0.1, -0.05) is 24.6 Å². The minimum atomic E-state index is -4.04. The molecule has 0 spiro atoms. The van der Waals surface area contributed by atoms with Crippen molar-refractivity contribution in [2.75, 3.05) is 0 Å². The van der Waals surface area contributed by atoms with Gasteiger partial charge in [-0.2, -0.15) is 4.31 Å². The van der Waals surface area contributed by atoms with Crippen LogP contribution in [0.5, 0.6) is 0 Å². The number of benzene rings is 1. The van der Waals surface area contributed by atoms with E-state index in [0.29, 0.717) is 10.7 Å².